The smallest absolute Gasteiger partial charge is 0.230 e. The summed E-state index contributed by atoms with van der Waals surface area (Å²) in [5, 5.41) is 12.2. The van der Waals surface area contributed by atoms with Gasteiger partial charge in [0.15, 0.2) is 11.0 Å². The van der Waals surface area contributed by atoms with Crippen molar-refractivity contribution >= 4 is 17.7 Å². The fraction of sp³-hybridized carbons (Fsp3) is 0.200. The van der Waals surface area contributed by atoms with Crippen LogP contribution in [-0.4, -0.2) is 31.4 Å². The first-order valence-corrected chi connectivity index (χ1v) is 11.6. The third-order valence-corrected chi connectivity index (χ3v) is 6.05. The summed E-state index contributed by atoms with van der Waals surface area (Å²) in [6, 6.07) is 18.3. The molecular weight excluding hydrogens is 437 g/mol. The number of thioether (sulfide) groups is 1. The van der Waals surface area contributed by atoms with Gasteiger partial charge in [0.1, 0.15) is 5.82 Å². The molecule has 33 heavy (non-hydrogen) atoms. The molecule has 168 valence electrons. The largest absolute Gasteiger partial charge is 0.351 e. The van der Waals surface area contributed by atoms with Crippen LogP contribution in [0.1, 0.15) is 30.9 Å². The molecule has 4 aromatic rings. The first-order chi connectivity index (χ1) is 16.0. The van der Waals surface area contributed by atoms with Crippen LogP contribution in [0.5, 0.6) is 0 Å². The van der Waals surface area contributed by atoms with Crippen LogP contribution in [0, 0.1) is 5.82 Å². The van der Waals surface area contributed by atoms with E-state index in [1.165, 1.54) is 17.8 Å². The lowest BCUT2D eigenvalue weighted by Crippen LogP contribution is -2.25. The van der Waals surface area contributed by atoms with E-state index < -0.39 is 0 Å². The standard InChI is InChI=1S/C25H24FN5OS/c1-17(2)20-10-4-6-12-22(20)31-24(19-9-7-13-27-14-19)29-30-25(31)33-16-23(32)28-15-18-8-3-5-11-21(18)26/h3-14,17H,15-16H2,1-2H3,(H,28,32). The summed E-state index contributed by atoms with van der Waals surface area (Å²) in [6.45, 7) is 4.40. The molecule has 0 saturated carbocycles. The van der Waals surface area contributed by atoms with Gasteiger partial charge in [-0.05, 0) is 35.7 Å². The van der Waals surface area contributed by atoms with Crippen molar-refractivity contribution in [2.24, 2.45) is 0 Å². The first-order valence-electron chi connectivity index (χ1n) is 10.6. The molecule has 0 atom stereocenters. The number of nitrogens with zero attached hydrogens (tertiary/aromatic N) is 4. The van der Waals surface area contributed by atoms with Gasteiger partial charge in [-0.3, -0.25) is 14.3 Å². The van der Waals surface area contributed by atoms with Gasteiger partial charge < -0.3 is 5.32 Å². The minimum Gasteiger partial charge on any atom is -0.351 e. The molecule has 2 heterocycles. The number of halogens is 1. The Morgan fingerprint density at radius 2 is 1.85 bits per heavy atom. The Hall–Kier alpha value is -3.52. The third-order valence-electron chi connectivity index (χ3n) is 5.12. The van der Waals surface area contributed by atoms with Crippen molar-refractivity contribution in [1.82, 2.24) is 25.1 Å². The zero-order valence-corrected chi connectivity index (χ0v) is 19.2. The van der Waals surface area contributed by atoms with Crippen molar-refractivity contribution in [1.29, 1.82) is 0 Å². The Morgan fingerprint density at radius 3 is 2.61 bits per heavy atom. The molecule has 0 fully saturated rings. The van der Waals surface area contributed by atoms with E-state index in [1.54, 1.807) is 30.6 Å². The van der Waals surface area contributed by atoms with Gasteiger partial charge in [0.05, 0.1) is 11.4 Å². The summed E-state index contributed by atoms with van der Waals surface area (Å²) in [4.78, 5) is 16.7. The lowest BCUT2D eigenvalue weighted by atomic mass is 10.0. The number of hydrogen-bond acceptors (Lipinski definition) is 5. The molecule has 2 aromatic carbocycles. The molecular formula is C25H24FN5OS. The summed E-state index contributed by atoms with van der Waals surface area (Å²) in [5.74, 6) is 0.524. The van der Waals surface area contributed by atoms with E-state index in [0.717, 1.165) is 16.8 Å². The van der Waals surface area contributed by atoms with Crippen LogP contribution in [0.2, 0.25) is 0 Å². The number of benzene rings is 2. The van der Waals surface area contributed by atoms with Gasteiger partial charge in [-0.15, -0.1) is 10.2 Å². The normalized spacial score (nSPS) is 11.0. The zero-order chi connectivity index (χ0) is 23.2. The highest BCUT2D eigenvalue weighted by Crippen LogP contribution is 2.31. The minimum atomic E-state index is -0.336. The average Bonchev–Trinajstić information content (AvgIpc) is 3.26. The summed E-state index contributed by atoms with van der Waals surface area (Å²) in [5.41, 5.74) is 3.39. The molecule has 6 nitrogen and oxygen atoms in total. The summed E-state index contributed by atoms with van der Waals surface area (Å²) in [7, 11) is 0. The Kier molecular flexibility index (Phi) is 7.14. The first kappa shape index (κ1) is 22.7. The number of nitrogens with one attached hydrogen (secondary N) is 1. The summed E-state index contributed by atoms with van der Waals surface area (Å²) >= 11 is 1.29. The second kappa shape index (κ2) is 10.4. The Balaban J connectivity index is 1.59. The molecule has 0 aliphatic carbocycles. The molecule has 2 aromatic heterocycles. The maximum atomic E-state index is 13.8. The minimum absolute atomic E-state index is 0.128. The van der Waals surface area contributed by atoms with Gasteiger partial charge in [0.2, 0.25) is 5.91 Å². The summed E-state index contributed by atoms with van der Waals surface area (Å²) < 4.78 is 15.8. The second-order valence-electron chi connectivity index (χ2n) is 7.75. The number of pyridine rings is 1. The fourth-order valence-electron chi connectivity index (χ4n) is 3.46. The second-order valence-corrected chi connectivity index (χ2v) is 8.70. The number of para-hydroxylation sites is 1. The van der Waals surface area contributed by atoms with E-state index in [4.69, 9.17) is 0 Å². The van der Waals surface area contributed by atoms with Crippen LogP contribution in [0.3, 0.4) is 0 Å². The van der Waals surface area contributed by atoms with Crippen molar-refractivity contribution in [2.75, 3.05) is 5.75 Å². The lowest BCUT2D eigenvalue weighted by Gasteiger charge is -2.16. The third kappa shape index (κ3) is 5.28. The van der Waals surface area contributed by atoms with E-state index in [2.05, 4.69) is 40.4 Å². The topological polar surface area (TPSA) is 72.7 Å². The predicted molar refractivity (Wildman–Crippen MR) is 128 cm³/mol. The van der Waals surface area contributed by atoms with Crippen molar-refractivity contribution < 1.29 is 9.18 Å². The number of rotatable bonds is 8. The van der Waals surface area contributed by atoms with Crippen LogP contribution in [0.15, 0.2) is 78.2 Å². The molecule has 0 spiro atoms. The van der Waals surface area contributed by atoms with Gasteiger partial charge >= 0.3 is 0 Å². The molecule has 0 aliphatic rings. The molecule has 0 aliphatic heterocycles. The van der Waals surface area contributed by atoms with Crippen LogP contribution in [0.4, 0.5) is 4.39 Å². The van der Waals surface area contributed by atoms with Crippen LogP contribution in [-0.2, 0) is 11.3 Å². The molecule has 0 bridgehead atoms. The van der Waals surface area contributed by atoms with Crippen LogP contribution >= 0.6 is 11.8 Å². The van der Waals surface area contributed by atoms with Gasteiger partial charge in [-0.25, -0.2) is 4.39 Å². The molecule has 8 heteroatoms. The SMILES string of the molecule is CC(C)c1ccccc1-n1c(SCC(=O)NCc2ccccc2F)nnc1-c1cccnc1. The van der Waals surface area contributed by atoms with E-state index in [-0.39, 0.29) is 29.9 Å². The highest BCUT2D eigenvalue weighted by molar-refractivity contribution is 7.99. The Bertz CT molecular complexity index is 1240. The van der Waals surface area contributed by atoms with Gasteiger partial charge in [-0.2, -0.15) is 0 Å². The van der Waals surface area contributed by atoms with E-state index in [9.17, 15) is 9.18 Å². The van der Waals surface area contributed by atoms with Crippen molar-refractivity contribution in [3.8, 4) is 17.1 Å². The molecule has 0 radical (unpaired) electrons. The monoisotopic (exact) mass is 461 g/mol. The zero-order valence-electron chi connectivity index (χ0n) is 18.4. The van der Waals surface area contributed by atoms with E-state index in [1.807, 2.05) is 34.9 Å². The highest BCUT2D eigenvalue weighted by Gasteiger charge is 2.20. The van der Waals surface area contributed by atoms with Crippen LogP contribution in [0.25, 0.3) is 17.1 Å². The average molecular weight is 462 g/mol. The van der Waals surface area contributed by atoms with Gasteiger partial charge in [0, 0.05) is 30.1 Å². The van der Waals surface area contributed by atoms with Crippen LogP contribution < -0.4 is 5.32 Å². The predicted octanol–water partition coefficient (Wildman–Crippen LogP) is 5.00. The molecule has 1 amide bonds. The Labute approximate surface area is 196 Å². The molecule has 0 saturated heterocycles. The fourth-order valence-corrected chi connectivity index (χ4v) is 4.23. The molecule has 4 rings (SSSR count). The molecule has 0 unspecified atom stereocenters. The van der Waals surface area contributed by atoms with Gasteiger partial charge in [0.25, 0.3) is 0 Å². The number of carbonyl (C=O) groups is 1. The summed E-state index contributed by atoms with van der Waals surface area (Å²) in [6.07, 6.45) is 3.45. The maximum Gasteiger partial charge on any atom is 0.230 e. The number of carbonyl (C=O) groups excluding carboxylic acids is 1. The number of hydrogen-bond donors (Lipinski definition) is 1. The molecule has 1 N–H and O–H groups in total. The van der Waals surface area contributed by atoms with Crippen molar-refractivity contribution in [2.45, 2.75) is 31.5 Å². The van der Waals surface area contributed by atoms with E-state index in [0.29, 0.717) is 16.5 Å². The van der Waals surface area contributed by atoms with Crippen molar-refractivity contribution in [3.63, 3.8) is 0 Å². The van der Waals surface area contributed by atoms with E-state index >= 15 is 0 Å². The van der Waals surface area contributed by atoms with Crippen molar-refractivity contribution in [3.05, 3.63) is 90.0 Å². The van der Waals surface area contributed by atoms with Gasteiger partial charge in [-0.1, -0.05) is 62.0 Å². The Morgan fingerprint density at radius 1 is 1.06 bits per heavy atom. The maximum absolute atomic E-state index is 13.8. The number of amides is 1. The number of aromatic nitrogens is 4. The highest BCUT2D eigenvalue weighted by atomic mass is 32.2. The lowest BCUT2D eigenvalue weighted by molar-refractivity contribution is -0.118. The quantitative estimate of drug-likeness (QED) is 0.374.